The molecular weight excluding hydrogens is 240 g/mol. The van der Waals surface area contributed by atoms with Crippen molar-refractivity contribution in [2.45, 2.75) is 51.4 Å². The average Bonchev–Trinajstić information content (AvgIpc) is 2.44. The first-order valence-electron chi connectivity index (χ1n) is 8.09. The molecule has 4 bridgehead atoms. The van der Waals surface area contributed by atoms with E-state index in [9.17, 15) is 0 Å². The van der Waals surface area contributed by atoms with Crippen molar-refractivity contribution in [2.75, 3.05) is 0 Å². The molecule has 0 aliphatic heterocycles. The number of rotatable bonds is 1. The van der Waals surface area contributed by atoms with Gasteiger partial charge in [0.05, 0.1) is 0 Å². The number of hydrogen-bond acceptors (Lipinski definition) is 0. The Labute approximate surface area is 123 Å². The fraction of sp³-hybridized carbons (Fsp3) is 0.600. The van der Waals surface area contributed by atoms with Gasteiger partial charge in [-0.05, 0) is 73.3 Å². The molecule has 4 aliphatic rings. The van der Waals surface area contributed by atoms with E-state index in [0.29, 0.717) is 10.8 Å². The van der Waals surface area contributed by atoms with Crippen molar-refractivity contribution < 1.29 is 0 Å². The van der Waals surface area contributed by atoms with E-state index in [4.69, 9.17) is 6.42 Å². The molecule has 2 unspecified atom stereocenters. The maximum atomic E-state index is 7.67. The number of benzene rings is 1. The van der Waals surface area contributed by atoms with Crippen LogP contribution >= 0.6 is 0 Å². The first kappa shape index (κ1) is 12.5. The van der Waals surface area contributed by atoms with Gasteiger partial charge in [0, 0.05) is 11.0 Å². The molecule has 1 radical (unpaired) electrons. The van der Waals surface area contributed by atoms with Crippen LogP contribution in [-0.4, -0.2) is 0 Å². The van der Waals surface area contributed by atoms with Gasteiger partial charge >= 0.3 is 0 Å². The van der Waals surface area contributed by atoms with E-state index < -0.39 is 0 Å². The molecule has 103 valence electrons. The van der Waals surface area contributed by atoms with Crippen LogP contribution in [0.1, 0.15) is 57.1 Å². The summed E-state index contributed by atoms with van der Waals surface area (Å²) in [6.07, 6.45) is 14.7. The fourth-order valence-corrected chi connectivity index (χ4v) is 6.05. The molecule has 0 heteroatoms. The van der Waals surface area contributed by atoms with Crippen LogP contribution in [0.25, 0.3) is 0 Å². The molecule has 0 heterocycles. The molecule has 20 heavy (non-hydrogen) atoms. The van der Waals surface area contributed by atoms with Crippen LogP contribution in [0, 0.1) is 35.5 Å². The SMILES string of the molecule is [C]#Cc1ccccc1C12CC3CC(CC(C3)C1(C)C)C2. The van der Waals surface area contributed by atoms with Crippen molar-refractivity contribution in [3.63, 3.8) is 0 Å². The van der Waals surface area contributed by atoms with Crippen molar-refractivity contribution in [3.8, 4) is 5.92 Å². The Bertz CT molecular complexity index is 572. The summed E-state index contributed by atoms with van der Waals surface area (Å²) in [5, 5.41) is 0. The highest BCUT2D eigenvalue weighted by Crippen LogP contribution is 2.68. The molecule has 2 atom stereocenters. The van der Waals surface area contributed by atoms with Crippen LogP contribution in [0.4, 0.5) is 0 Å². The van der Waals surface area contributed by atoms with Crippen molar-refractivity contribution in [1.82, 2.24) is 0 Å². The van der Waals surface area contributed by atoms with Gasteiger partial charge in [0.15, 0.2) is 0 Å². The average molecular weight is 263 g/mol. The van der Waals surface area contributed by atoms with E-state index in [1.165, 1.54) is 37.7 Å². The Morgan fingerprint density at radius 1 is 1.05 bits per heavy atom. The van der Waals surface area contributed by atoms with Crippen molar-refractivity contribution >= 4 is 0 Å². The third-order valence-corrected chi connectivity index (χ3v) is 7.01. The minimum Gasteiger partial charge on any atom is -0.0619 e. The lowest BCUT2D eigenvalue weighted by Crippen LogP contribution is -2.60. The van der Waals surface area contributed by atoms with Gasteiger partial charge in [-0.3, -0.25) is 0 Å². The zero-order valence-electron chi connectivity index (χ0n) is 12.6. The van der Waals surface area contributed by atoms with E-state index in [1.807, 2.05) is 6.07 Å². The van der Waals surface area contributed by atoms with Crippen molar-refractivity contribution in [3.05, 3.63) is 41.8 Å². The molecule has 0 spiro atoms. The fourth-order valence-electron chi connectivity index (χ4n) is 6.05. The molecule has 0 amide bonds. The first-order valence-corrected chi connectivity index (χ1v) is 8.09. The second-order valence-corrected chi connectivity index (χ2v) is 8.02. The van der Waals surface area contributed by atoms with Gasteiger partial charge in [-0.2, -0.15) is 0 Å². The van der Waals surface area contributed by atoms with Gasteiger partial charge < -0.3 is 0 Å². The highest BCUT2D eigenvalue weighted by atomic mass is 14.7. The van der Waals surface area contributed by atoms with Crippen LogP contribution < -0.4 is 0 Å². The summed E-state index contributed by atoms with van der Waals surface area (Å²) in [6, 6.07) is 8.57. The quantitative estimate of drug-likeness (QED) is 0.643. The molecule has 1 aromatic carbocycles. The summed E-state index contributed by atoms with van der Waals surface area (Å²) in [7, 11) is 0. The van der Waals surface area contributed by atoms with Crippen LogP contribution in [0.3, 0.4) is 0 Å². The van der Waals surface area contributed by atoms with Gasteiger partial charge in [0.1, 0.15) is 0 Å². The van der Waals surface area contributed by atoms with Gasteiger partial charge in [-0.15, -0.1) is 0 Å². The summed E-state index contributed by atoms with van der Waals surface area (Å²) in [4.78, 5) is 0. The molecule has 0 saturated heterocycles. The standard InChI is InChI=1S/C20H23/c1-4-16-7-5-6-8-18(16)20-12-14-9-15(13-20)11-17(10-14)19(20,2)3/h5-8,14-15,17H,9-13H2,2-3H3. The van der Waals surface area contributed by atoms with E-state index >= 15 is 0 Å². The van der Waals surface area contributed by atoms with Crippen molar-refractivity contribution in [1.29, 1.82) is 0 Å². The molecule has 5 rings (SSSR count). The van der Waals surface area contributed by atoms with Gasteiger partial charge in [-0.1, -0.05) is 38.0 Å². The van der Waals surface area contributed by atoms with Gasteiger partial charge in [-0.25, -0.2) is 0 Å². The lowest BCUT2D eigenvalue weighted by molar-refractivity contribution is -0.113. The highest BCUT2D eigenvalue weighted by Gasteiger charge is 2.61. The second-order valence-electron chi connectivity index (χ2n) is 8.02. The third kappa shape index (κ3) is 1.39. The minimum absolute atomic E-state index is 0.298. The summed E-state index contributed by atoms with van der Waals surface area (Å²) in [5.41, 5.74) is 3.11. The van der Waals surface area contributed by atoms with E-state index in [-0.39, 0.29) is 0 Å². The molecule has 0 nitrogen and oxygen atoms in total. The normalized spacial score (nSPS) is 40.5. The van der Waals surface area contributed by atoms with E-state index in [0.717, 1.165) is 23.3 Å². The van der Waals surface area contributed by atoms with Crippen LogP contribution in [0.2, 0.25) is 0 Å². The maximum absolute atomic E-state index is 7.67. The smallest absolute Gasteiger partial charge is 0.0293 e. The third-order valence-electron chi connectivity index (χ3n) is 7.01. The summed E-state index contributed by atoms with van der Waals surface area (Å²) >= 11 is 0. The molecule has 4 fully saturated rings. The Hall–Kier alpha value is -1.22. The Morgan fingerprint density at radius 3 is 2.35 bits per heavy atom. The van der Waals surface area contributed by atoms with E-state index in [2.05, 4.69) is 38.0 Å². The molecule has 1 aromatic rings. The topological polar surface area (TPSA) is 0 Å². The Kier molecular flexibility index (Phi) is 2.45. The van der Waals surface area contributed by atoms with E-state index in [1.54, 1.807) is 0 Å². The lowest BCUT2D eigenvalue weighted by Gasteiger charge is -2.66. The zero-order valence-corrected chi connectivity index (χ0v) is 12.6. The second kappa shape index (κ2) is 3.91. The Morgan fingerprint density at radius 2 is 1.70 bits per heavy atom. The summed E-state index contributed by atoms with van der Waals surface area (Å²) in [5.74, 6) is 5.45. The van der Waals surface area contributed by atoms with Gasteiger partial charge in [0.25, 0.3) is 0 Å². The monoisotopic (exact) mass is 263 g/mol. The zero-order chi connectivity index (χ0) is 14.0. The molecule has 0 aromatic heterocycles. The Balaban J connectivity index is 1.92. The lowest BCUT2D eigenvalue weighted by atomic mass is 9.38. The summed E-state index contributed by atoms with van der Waals surface area (Å²) < 4.78 is 0. The largest absolute Gasteiger partial charge is 0.0619 e. The van der Waals surface area contributed by atoms with Crippen LogP contribution in [-0.2, 0) is 5.41 Å². The van der Waals surface area contributed by atoms with Gasteiger partial charge in [0.2, 0.25) is 0 Å². The molecular formula is C20H23. The minimum atomic E-state index is 0.298. The number of hydrogen-bond donors (Lipinski definition) is 0. The van der Waals surface area contributed by atoms with Crippen LogP contribution in [0.5, 0.6) is 0 Å². The predicted molar refractivity (Wildman–Crippen MR) is 81.7 cm³/mol. The molecule has 4 saturated carbocycles. The first-order chi connectivity index (χ1) is 9.57. The summed E-state index contributed by atoms with van der Waals surface area (Å²) in [6.45, 7) is 4.99. The van der Waals surface area contributed by atoms with Crippen LogP contribution in [0.15, 0.2) is 24.3 Å². The van der Waals surface area contributed by atoms with Crippen molar-refractivity contribution in [2.24, 2.45) is 23.2 Å². The molecule has 0 N–H and O–H groups in total. The molecule has 4 aliphatic carbocycles. The maximum Gasteiger partial charge on any atom is 0.0293 e. The highest BCUT2D eigenvalue weighted by molar-refractivity contribution is 5.46. The predicted octanol–water partition coefficient (Wildman–Crippen LogP) is 4.73.